The zero-order chi connectivity index (χ0) is 16.7. The molecule has 2 rings (SSSR count). The summed E-state index contributed by atoms with van der Waals surface area (Å²) in [6.07, 6.45) is 6.48. The van der Waals surface area contributed by atoms with Crippen molar-refractivity contribution in [2.24, 2.45) is 0 Å². The highest BCUT2D eigenvalue weighted by Gasteiger charge is 2.20. The van der Waals surface area contributed by atoms with Crippen LogP contribution in [0.15, 0.2) is 30.3 Å². The molecule has 0 aliphatic heterocycles. The highest BCUT2D eigenvalue weighted by molar-refractivity contribution is 7.88. The molecule has 0 bridgehead atoms. The smallest absolute Gasteiger partial charge is 0.221 e. The van der Waals surface area contributed by atoms with Gasteiger partial charge in [-0.2, -0.15) is 0 Å². The van der Waals surface area contributed by atoms with Crippen molar-refractivity contribution in [1.82, 2.24) is 9.62 Å². The van der Waals surface area contributed by atoms with Crippen LogP contribution in [0.2, 0.25) is 0 Å². The van der Waals surface area contributed by atoms with Gasteiger partial charge in [-0.05, 0) is 24.8 Å². The SMILES string of the molecule is CS(=O)(=O)N(CCC(=O)NC1CCCC1)CCc1ccccc1. The van der Waals surface area contributed by atoms with Crippen LogP contribution < -0.4 is 5.32 Å². The predicted molar refractivity (Wildman–Crippen MR) is 91.6 cm³/mol. The van der Waals surface area contributed by atoms with Crippen molar-refractivity contribution in [3.63, 3.8) is 0 Å². The van der Waals surface area contributed by atoms with E-state index in [-0.39, 0.29) is 24.9 Å². The van der Waals surface area contributed by atoms with E-state index in [0.29, 0.717) is 13.0 Å². The van der Waals surface area contributed by atoms with Crippen LogP contribution in [0.4, 0.5) is 0 Å². The first-order valence-electron chi connectivity index (χ1n) is 8.23. The zero-order valence-electron chi connectivity index (χ0n) is 13.7. The summed E-state index contributed by atoms with van der Waals surface area (Å²) < 4.78 is 25.2. The number of rotatable bonds is 8. The molecule has 1 aromatic rings. The second-order valence-electron chi connectivity index (χ2n) is 6.20. The fraction of sp³-hybridized carbons (Fsp3) is 0.588. The van der Waals surface area contributed by atoms with Crippen LogP contribution in [0.25, 0.3) is 0 Å². The molecular formula is C17H26N2O3S. The number of hydrogen-bond donors (Lipinski definition) is 1. The molecule has 0 spiro atoms. The first-order chi connectivity index (χ1) is 10.9. The van der Waals surface area contributed by atoms with Crippen molar-refractivity contribution >= 4 is 15.9 Å². The van der Waals surface area contributed by atoms with Gasteiger partial charge in [0.25, 0.3) is 0 Å². The Morgan fingerprint density at radius 1 is 1.17 bits per heavy atom. The van der Waals surface area contributed by atoms with E-state index < -0.39 is 10.0 Å². The molecule has 1 aromatic carbocycles. The van der Waals surface area contributed by atoms with Crippen LogP contribution in [0, 0.1) is 0 Å². The minimum atomic E-state index is -3.30. The van der Waals surface area contributed by atoms with Crippen molar-refractivity contribution in [2.45, 2.75) is 44.6 Å². The highest BCUT2D eigenvalue weighted by Crippen LogP contribution is 2.17. The maximum absolute atomic E-state index is 12.0. The molecule has 1 N–H and O–H groups in total. The summed E-state index contributed by atoms with van der Waals surface area (Å²) in [4.78, 5) is 12.0. The Kier molecular flexibility index (Phi) is 6.59. The molecule has 128 valence electrons. The molecule has 0 heterocycles. The number of nitrogens with one attached hydrogen (secondary N) is 1. The molecule has 6 heteroatoms. The fourth-order valence-corrected chi connectivity index (χ4v) is 3.78. The number of carbonyl (C=O) groups is 1. The lowest BCUT2D eigenvalue weighted by molar-refractivity contribution is -0.121. The monoisotopic (exact) mass is 338 g/mol. The Morgan fingerprint density at radius 3 is 2.43 bits per heavy atom. The van der Waals surface area contributed by atoms with Crippen molar-refractivity contribution in [3.8, 4) is 0 Å². The Morgan fingerprint density at radius 2 is 1.83 bits per heavy atom. The van der Waals surface area contributed by atoms with Crippen LogP contribution in [0.3, 0.4) is 0 Å². The molecular weight excluding hydrogens is 312 g/mol. The Labute approximate surface area is 139 Å². The fourth-order valence-electron chi connectivity index (χ4n) is 2.94. The Bertz CT molecular complexity index is 596. The van der Waals surface area contributed by atoms with Crippen molar-refractivity contribution in [3.05, 3.63) is 35.9 Å². The van der Waals surface area contributed by atoms with Gasteiger partial charge < -0.3 is 5.32 Å². The van der Waals surface area contributed by atoms with Gasteiger partial charge in [0, 0.05) is 25.6 Å². The van der Waals surface area contributed by atoms with Crippen molar-refractivity contribution in [1.29, 1.82) is 0 Å². The summed E-state index contributed by atoms with van der Waals surface area (Å²) in [6, 6.07) is 10.1. The summed E-state index contributed by atoms with van der Waals surface area (Å²) in [6.45, 7) is 0.643. The molecule has 1 aliphatic carbocycles. The third kappa shape index (κ3) is 6.31. The van der Waals surface area contributed by atoms with E-state index in [1.54, 1.807) is 0 Å². The summed E-state index contributed by atoms with van der Waals surface area (Å²) in [5.74, 6) is -0.0507. The molecule has 1 aliphatic rings. The quantitative estimate of drug-likeness (QED) is 0.788. The number of amides is 1. The topological polar surface area (TPSA) is 66.5 Å². The lowest BCUT2D eigenvalue weighted by Crippen LogP contribution is -2.38. The van der Waals surface area contributed by atoms with Gasteiger partial charge >= 0.3 is 0 Å². The summed E-state index contributed by atoms with van der Waals surface area (Å²) >= 11 is 0. The van der Waals surface area contributed by atoms with E-state index in [2.05, 4.69) is 5.32 Å². The second-order valence-corrected chi connectivity index (χ2v) is 8.18. The third-order valence-corrected chi connectivity index (χ3v) is 5.57. The maximum atomic E-state index is 12.0. The molecule has 23 heavy (non-hydrogen) atoms. The average Bonchev–Trinajstić information content (AvgIpc) is 2.99. The molecule has 1 amide bonds. The number of sulfonamides is 1. The lowest BCUT2D eigenvalue weighted by atomic mass is 10.1. The van der Waals surface area contributed by atoms with Gasteiger partial charge in [0.05, 0.1) is 6.26 Å². The lowest BCUT2D eigenvalue weighted by Gasteiger charge is -2.20. The molecule has 0 aromatic heterocycles. The Hall–Kier alpha value is -1.40. The number of carbonyl (C=O) groups excluding carboxylic acids is 1. The number of hydrogen-bond acceptors (Lipinski definition) is 3. The molecule has 0 unspecified atom stereocenters. The third-order valence-electron chi connectivity index (χ3n) is 4.27. The van der Waals surface area contributed by atoms with Gasteiger partial charge in [-0.15, -0.1) is 0 Å². The molecule has 5 nitrogen and oxygen atoms in total. The largest absolute Gasteiger partial charge is 0.353 e. The average molecular weight is 338 g/mol. The van der Waals surface area contributed by atoms with Gasteiger partial charge in [0.2, 0.25) is 15.9 Å². The van der Waals surface area contributed by atoms with E-state index in [9.17, 15) is 13.2 Å². The molecule has 1 fully saturated rings. The van der Waals surface area contributed by atoms with E-state index in [1.807, 2.05) is 30.3 Å². The van der Waals surface area contributed by atoms with Crippen molar-refractivity contribution < 1.29 is 13.2 Å². The van der Waals surface area contributed by atoms with E-state index in [0.717, 1.165) is 31.2 Å². The predicted octanol–water partition coefficient (Wildman–Crippen LogP) is 1.94. The van der Waals surface area contributed by atoms with Gasteiger partial charge in [-0.3, -0.25) is 4.79 Å². The minimum absolute atomic E-state index is 0.0507. The van der Waals surface area contributed by atoms with Crippen molar-refractivity contribution in [2.75, 3.05) is 19.3 Å². The molecule has 0 radical (unpaired) electrons. The molecule has 0 saturated heterocycles. The van der Waals surface area contributed by atoms with Gasteiger partial charge in [-0.25, -0.2) is 12.7 Å². The first-order valence-corrected chi connectivity index (χ1v) is 10.1. The van der Waals surface area contributed by atoms with E-state index >= 15 is 0 Å². The minimum Gasteiger partial charge on any atom is -0.353 e. The summed E-state index contributed by atoms with van der Waals surface area (Å²) in [5, 5.41) is 3.00. The number of benzene rings is 1. The maximum Gasteiger partial charge on any atom is 0.221 e. The van der Waals surface area contributed by atoms with Crippen LogP contribution in [0.1, 0.15) is 37.7 Å². The van der Waals surface area contributed by atoms with Gasteiger partial charge in [-0.1, -0.05) is 43.2 Å². The standard InChI is InChI=1S/C17H26N2O3S/c1-23(21,22)19(13-11-15-7-3-2-4-8-15)14-12-17(20)18-16-9-5-6-10-16/h2-4,7-8,16H,5-6,9-14H2,1H3,(H,18,20). The van der Waals surface area contributed by atoms with Crippen LogP contribution >= 0.6 is 0 Å². The summed E-state index contributed by atoms with van der Waals surface area (Å²) in [5.41, 5.74) is 1.09. The second kappa shape index (κ2) is 8.45. The molecule has 1 saturated carbocycles. The molecule has 0 atom stereocenters. The van der Waals surface area contributed by atoms with Gasteiger partial charge in [0.15, 0.2) is 0 Å². The van der Waals surface area contributed by atoms with E-state index in [1.165, 1.54) is 10.6 Å². The normalized spacial score (nSPS) is 15.9. The van der Waals surface area contributed by atoms with E-state index in [4.69, 9.17) is 0 Å². The summed E-state index contributed by atoms with van der Waals surface area (Å²) in [7, 11) is -3.30. The Balaban J connectivity index is 1.82. The number of nitrogens with zero attached hydrogens (tertiary/aromatic N) is 1. The van der Waals surface area contributed by atoms with Crippen LogP contribution in [0.5, 0.6) is 0 Å². The van der Waals surface area contributed by atoms with Gasteiger partial charge in [0.1, 0.15) is 0 Å². The first kappa shape index (κ1) is 17.9. The van der Waals surface area contributed by atoms with Crippen LogP contribution in [-0.4, -0.2) is 44.0 Å². The van der Waals surface area contributed by atoms with Crippen LogP contribution in [-0.2, 0) is 21.2 Å². The highest BCUT2D eigenvalue weighted by atomic mass is 32.2. The zero-order valence-corrected chi connectivity index (χ0v) is 14.5.